The molecule has 12 heavy (non-hydrogen) atoms. The van der Waals surface area contributed by atoms with Gasteiger partial charge in [0.15, 0.2) is 5.06 Å². The molecule has 1 aromatic heterocycles. The van der Waals surface area contributed by atoms with E-state index in [2.05, 4.69) is 5.32 Å². The molecule has 0 aliphatic rings. The lowest BCUT2D eigenvalue weighted by Crippen LogP contribution is -2.13. The third kappa shape index (κ3) is 2.64. The summed E-state index contributed by atoms with van der Waals surface area (Å²) in [5, 5.41) is 5.38. The van der Waals surface area contributed by atoms with E-state index in [4.69, 9.17) is 4.74 Å². The van der Waals surface area contributed by atoms with E-state index in [0.717, 1.165) is 0 Å². The van der Waals surface area contributed by atoms with Crippen LogP contribution in [0.3, 0.4) is 0 Å². The highest BCUT2D eigenvalue weighted by molar-refractivity contribution is 7.11. The normalized spacial score (nSPS) is 11.7. The van der Waals surface area contributed by atoms with Gasteiger partial charge < -0.3 is 10.1 Å². The first-order valence-electron chi connectivity index (χ1n) is 3.52. The summed E-state index contributed by atoms with van der Waals surface area (Å²) in [7, 11) is 1.74. The van der Waals surface area contributed by atoms with Crippen LogP contribution in [0.2, 0.25) is 0 Å². The maximum absolute atomic E-state index is 12.1. The average molecular weight is 187 g/mol. The fraction of sp³-hybridized carbons (Fsp3) is 0.250. The highest BCUT2D eigenvalue weighted by atomic mass is 32.1. The number of hydrogen-bond acceptors (Lipinski definition) is 3. The SMILES string of the molecule is CNCC(=CF)Oc1cccs1. The van der Waals surface area contributed by atoms with Gasteiger partial charge >= 0.3 is 0 Å². The molecule has 0 fully saturated rings. The summed E-state index contributed by atoms with van der Waals surface area (Å²) in [5.74, 6) is 0.292. The third-order valence-corrected chi connectivity index (χ3v) is 1.94. The van der Waals surface area contributed by atoms with Gasteiger partial charge in [-0.15, -0.1) is 11.3 Å². The standard InChI is InChI=1S/C8H10FNOS/c1-10-6-7(5-9)11-8-3-2-4-12-8/h2-5,10H,6H2,1H3. The van der Waals surface area contributed by atoms with E-state index >= 15 is 0 Å². The van der Waals surface area contributed by atoms with Crippen molar-refractivity contribution in [1.82, 2.24) is 5.32 Å². The number of halogens is 1. The van der Waals surface area contributed by atoms with Crippen LogP contribution in [-0.4, -0.2) is 13.6 Å². The van der Waals surface area contributed by atoms with E-state index < -0.39 is 0 Å². The maximum Gasteiger partial charge on any atom is 0.180 e. The minimum atomic E-state index is 0.292. The molecule has 0 amide bonds. The van der Waals surface area contributed by atoms with Gasteiger partial charge in [0, 0.05) is 0 Å². The third-order valence-electron chi connectivity index (χ3n) is 1.20. The zero-order valence-electron chi connectivity index (χ0n) is 6.71. The molecule has 0 atom stereocenters. The van der Waals surface area contributed by atoms with Gasteiger partial charge in [-0.3, -0.25) is 0 Å². The van der Waals surface area contributed by atoms with Crippen molar-refractivity contribution in [2.24, 2.45) is 0 Å². The number of ether oxygens (including phenoxy) is 1. The molecular formula is C8H10FNOS. The van der Waals surface area contributed by atoms with Gasteiger partial charge in [-0.25, -0.2) is 4.39 Å². The molecule has 1 rings (SSSR count). The Hall–Kier alpha value is -0.870. The molecule has 0 aliphatic heterocycles. The molecule has 1 N–H and O–H groups in total. The van der Waals surface area contributed by atoms with Gasteiger partial charge in [-0.1, -0.05) is 0 Å². The van der Waals surface area contributed by atoms with Crippen LogP contribution in [0.15, 0.2) is 29.6 Å². The van der Waals surface area contributed by atoms with Gasteiger partial charge in [-0.2, -0.15) is 0 Å². The minimum Gasteiger partial charge on any atom is -0.447 e. The molecule has 1 aromatic rings. The molecule has 0 radical (unpaired) electrons. The first-order chi connectivity index (χ1) is 5.86. The second-order valence-electron chi connectivity index (χ2n) is 2.14. The lowest BCUT2D eigenvalue weighted by molar-refractivity contribution is 0.404. The Balaban J connectivity index is 2.49. The summed E-state index contributed by atoms with van der Waals surface area (Å²) in [6, 6.07) is 3.65. The first kappa shape index (κ1) is 9.22. The van der Waals surface area contributed by atoms with Gasteiger partial charge in [0.05, 0.1) is 6.54 Å². The van der Waals surface area contributed by atoms with E-state index in [0.29, 0.717) is 23.7 Å². The fourth-order valence-electron chi connectivity index (χ4n) is 0.722. The molecule has 66 valence electrons. The second kappa shape index (κ2) is 4.90. The van der Waals surface area contributed by atoms with E-state index in [1.54, 1.807) is 13.1 Å². The molecule has 0 aromatic carbocycles. The van der Waals surface area contributed by atoms with Crippen molar-refractivity contribution >= 4 is 11.3 Å². The zero-order chi connectivity index (χ0) is 8.81. The number of nitrogens with one attached hydrogen (secondary N) is 1. The molecule has 0 unspecified atom stereocenters. The van der Waals surface area contributed by atoms with Crippen molar-refractivity contribution in [3.8, 4) is 5.06 Å². The van der Waals surface area contributed by atoms with Crippen LogP contribution in [0.5, 0.6) is 5.06 Å². The largest absolute Gasteiger partial charge is 0.447 e. The minimum absolute atomic E-state index is 0.292. The summed E-state index contributed by atoms with van der Waals surface area (Å²) in [6.45, 7) is 0.397. The topological polar surface area (TPSA) is 21.3 Å². The highest BCUT2D eigenvalue weighted by Gasteiger charge is 1.99. The average Bonchev–Trinajstić information content (AvgIpc) is 2.56. The van der Waals surface area contributed by atoms with Crippen molar-refractivity contribution in [2.75, 3.05) is 13.6 Å². The number of hydrogen-bond donors (Lipinski definition) is 1. The Kier molecular flexibility index (Phi) is 3.76. The smallest absolute Gasteiger partial charge is 0.180 e. The van der Waals surface area contributed by atoms with Crippen molar-refractivity contribution in [1.29, 1.82) is 0 Å². The lowest BCUT2D eigenvalue weighted by atomic mass is 10.5. The fourth-order valence-corrected chi connectivity index (χ4v) is 1.33. The quantitative estimate of drug-likeness (QED) is 0.729. The highest BCUT2D eigenvalue weighted by Crippen LogP contribution is 2.20. The summed E-state index contributed by atoms with van der Waals surface area (Å²) >= 11 is 1.43. The summed E-state index contributed by atoms with van der Waals surface area (Å²) in [4.78, 5) is 0. The molecule has 2 nitrogen and oxygen atoms in total. The molecule has 0 saturated heterocycles. The van der Waals surface area contributed by atoms with Crippen LogP contribution in [0.4, 0.5) is 4.39 Å². The van der Waals surface area contributed by atoms with Gasteiger partial charge in [0.25, 0.3) is 0 Å². The van der Waals surface area contributed by atoms with E-state index in [1.165, 1.54) is 11.3 Å². The Labute approximate surface area is 74.7 Å². The van der Waals surface area contributed by atoms with Crippen LogP contribution >= 0.6 is 11.3 Å². The predicted molar refractivity (Wildman–Crippen MR) is 48.1 cm³/mol. The second-order valence-corrected chi connectivity index (χ2v) is 3.05. The monoisotopic (exact) mass is 187 g/mol. The van der Waals surface area contributed by atoms with Crippen molar-refractivity contribution < 1.29 is 9.13 Å². The maximum atomic E-state index is 12.1. The Bertz CT molecular complexity index is 246. The number of thiophene rings is 1. The van der Waals surface area contributed by atoms with Gasteiger partial charge in [-0.05, 0) is 24.6 Å². The van der Waals surface area contributed by atoms with Crippen molar-refractivity contribution in [2.45, 2.75) is 0 Å². The summed E-state index contributed by atoms with van der Waals surface area (Å²) < 4.78 is 17.3. The molecule has 0 saturated carbocycles. The van der Waals surface area contributed by atoms with Crippen LogP contribution < -0.4 is 10.1 Å². The molecule has 1 heterocycles. The Morgan fingerprint density at radius 3 is 3.17 bits per heavy atom. The van der Waals surface area contributed by atoms with Crippen LogP contribution in [0.1, 0.15) is 0 Å². The molecule has 0 aliphatic carbocycles. The van der Waals surface area contributed by atoms with Gasteiger partial charge in [0.1, 0.15) is 12.1 Å². The number of rotatable bonds is 4. The van der Waals surface area contributed by atoms with E-state index in [1.807, 2.05) is 11.4 Å². The molecular weight excluding hydrogens is 177 g/mol. The molecule has 0 bridgehead atoms. The van der Waals surface area contributed by atoms with E-state index in [-0.39, 0.29) is 0 Å². The number of likely N-dealkylation sites (N-methyl/N-ethyl adjacent to an activating group) is 1. The van der Waals surface area contributed by atoms with Crippen LogP contribution in [-0.2, 0) is 0 Å². The van der Waals surface area contributed by atoms with Gasteiger partial charge in [0.2, 0.25) is 0 Å². The summed E-state index contributed by atoms with van der Waals surface area (Å²) in [5.41, 5.74) is 0. The van der Waals surface area contributed by atoms with Crippen LogP contribution in [0, 0.1) is 0 Å². The lowest BCUT2D eigenvalue weighted by Gasteiger charge is -2.04. The zero-order valence-corrected chi connectivity index (χ0v) is 7.53. The van der Waals surface area contributed by atoms with Crippen molar-refractivity contribution in [3.05, 3.63) is 29.6 Å². The van der Waals surface area contributed by atoms with Crippen LogP contribution in [0.25, 0.3) is 0 Å². The Morgan fingerprint density at radius 1 is 1.83 bits per heavy atom. The van der Waals surface area contributed by atoms with E-state index in [9.17, 15) is 4.39 Å². The Morgan fingerprint density at radius 2 is 2.67 bits per heavy atom. The van der Waals surface area contributed by atoms with Crippen molar-refractivity contribution in [3.63, 3.8) is 0 Å². The summed E-state index contributed by atoms with van der Waals surface area (Å²) in [6.07, 6.45) is 0.468. The predicted octanol–water partition coefficient (Wildman–Crippen LogP) is 2.16. The molecule has 4 heteroatoms. The molecule has 0 spiro atoms. The first-order valence-corrected chi connectivity index (χ1v) is 4.40.